The van der Waals surface area contributed by atoms with E-state index in [4.69, 9.17) is 4.74 Å². The third-order valence-corrected chi connectivity index (χ3v) is 5.73. The number of thiophene rings is 1. The molecule has 0 saturated carbocycles. The van der Waals surface area contributed by atoms with Crippen molar-refractivity contribution in [2.24, 2.45) is 0 Å². The van der Waals surface area contributed by atoms with Crippen LogP contribution in [0.3, 0.4) is 0 Å². The number of amides is 2. The van der Waals surface area contributed by atoms with Crippen molar-refractivity contribution in [2.75, 3.05) is 11.9 Å². The number of hydrogen-bond acceptors (Lipinski definition) is 3. The molecule has 4 nitrogen and oxygen atoms in total. The van der Waals surface area contributed by atoms with Crippen molar-refractivity contribution in [1.82, 2.24) is 4.90 Å². The van der Waals surface area contributed by atoms with Crippen molar-refractivity contribution in [3.8, 4) is 5.75 Å². The normalized spacial score (nSPS) is 13.1. The summed E-state index contributed by atoms with van der Waals surface area (Å²) in [5.74, 6) is 0.695. The van der Waals surface area contributed by atoms with Crippen molar-refractivity contribution in [3.63, 3.8) is 0 Å². The molecule has 3 aromatic rings. The number of hydrogen-bond donors (Lipinski definition) is 1. The summed E-state index contributed by atoms with van der Waals surface area (Å²) in [5.41, 5.74) is 4.15. The Labute approximate surface area is 163 Å². The average Bonchev–Trinajstić information content (AvgIpc) is 3.16. The summed E-state index contributed by atoms with van der Waals surface area (Å²) in [6.07, 6.45) is 0.922. The van der Waals surface area contributed by atoms with Crippen LogP contribution in [0.5, 0.6) is 5.75 Å². The van der Waals surface area contributed by atoms with Gasteiger partial charge in [-0.2, -0.15) is 0 Å². The first-order chi connectivity index (χ1) is 13.2. The molecule has 0 fully saturated rings. The van der Waals surface area contributed by atoms with Crippen LogP contribution < -0.4 is 10.1 Å². The number of urea groups is 1. The molecule has 0 aliphatic carbocycles. The number of carbonyl (C=O) groups excluding carboxylic acids is 1. The second-order valence-electron chi connectivity index (χ2n) is 6.74. The molecule has 0 spiro atoms. The molecule has 4 rings (SSSR count). The zero-order valence-electron chi connectivity index (χ0n) is 15.3. The molecule has 0 unspecified atom stereocenters. The minimum atomic E-state index is -0.0831. The van der Waals surface area contributed by atoms with Gasteiger partial charge in [0.2, 0.25) is 0 Å². The van der Waals surface area contributed by atoms with Crippen LogP contribution in [0.4, 0.5) is 10.5 Å². The maximum Gasteiger partial charge on any atom is 0.322 e. The molecule has 2 amide bonds. The van der Waals surface area contributed by atoms with Gasteiger partial charge in [0.1, 0.15) is 12.4 Å². The van der Waals surface area contributed by atoms with Gasteiger partial charge in [0.25, 0.3) is 0 Å². The first kappa shape index (κ1) is 17.6. The maximum absolute atomic E-state index is 12.8. The molecule has 2 aromatic carbocycles. The quantitative estimate of drug-likeness (QED) is 0.676. The summed E-state index contributed by atoms with van der Waals surface area (Å²) in [6, 6.07) is 17.9. The van der Waals surface area contributed by atoms with Gasteiger partial charge in [0.15, 0.2) is 0 Å². The number of ether oxygens (including phenoxy) is 1. The van der Waals surface area contributed by atoms with Crippen molar-refractivity contribution in [3.05, 3.63) is 81.5 Å². The summed E-state index contributed by atoms with van der Waals surface area (Å²) < 4.78 is 6.00. The molecule has 1 N–H and O–H groups in total. The summed E-state index contributed by atoms with van der Waals surface area (Å²) in [4.78, 5) is 16.0. The SMILES string of the molecule is Cc1ccc(NC(=O)N2CCc3sccc3C2)c(OCc2ccccc2)c1. The highest BCUT2D eigenvalue weighted by molar-refractivity contribution is 7.10. The highest BCUT2D eigenvalue weighted by Crippen LogP contribution is 2.29. The first-order valence-electron chi connectivity index (χ1n) is 9.07. The fourth-order valence-corrected chi connectivity index (χ4v) is 4.09. The van der Waals surface area contributed by atoms with E-state index in [0.29, 0.717) is 24.6 Å². The van der Waals surface area contributed by atoms with E-state index in [1.165, 1.54) is 10.4 Å². The maximum atomic E-state index is 12.8. The van der Waals surface area contributed by atoms with E-state index in [9.17, 15) is 4.79 Å². The molecule has 1 aliphatic rings. The number of benzene rings is 2. The third kappa shape index (κ3) is 4.14. The first-order valence-corrected chi connectivity index (χ1v) is 9.95. The molecule has 2 heterocycles. The molecule has 0 saturated heterocycles. The minimum Gasteiger partial charge on any atom is -0.487 e. The van der Waals surface area contributed by atoms with Crippen LogP contribution in [0, 0.1) is 6.92 Å². The zero-order valence-corrected chi connectivity index (χ0v) is 16.1. The lowest BCUT2D eigenvalue weighted by Gasteiger charge is -2.27. The van der Waals surface area contributed by atoms with E-state index >= 15 is 0 Å². The number of anilines is 1. The highest BCUT2D eigenvalue weighted by Gasteiger charge is 2.22. The monoisotopic (exact) mass is 378 g/mol. The van der Waals surface area contributed by atoms with Crippen LogP contribution in [0.2, 0.25) is 0 Å². The molecular formula is C22H22N2O2S. The highest BCUT2D eigenvalue weighted by atomic mass is 32.1. The topological polar surface area (TPSA) is 41.6 Å². The van der Waals surface area contributed by atoms with Crippen molar-refractivity contribution in [2.45, 2.75) is 26.5 Å². The Morgan fingerprint density at radius 1 is 1.19 bits per heavy atom. The van der Waals surface area contributed by atoms with E-state index in [1.54, 1.807) is 11.3 Å². The van der Waals surface area contributed by atoms with Crippen molar-refractivity contribution in [1.29, 1.82) is 0 Å². The Morgan fingerprint density at radius 2 is 2.04 bits per heavy atom. The fraction of sp³-hybridized carbons (Fsp3) is 0.227. The van der Waals surface area contributed by atoms with Gasteiger partial charge in [0.05, 0.1) is 5.69 Å². The molecule has 0 radical (unpaired) electrons. The molecule has 1 aromatic heterocycles. The lowest BCUT2D eigenvalue weighted by Crippen LogP contribution is -2.38. The number of nitrogens with zero attached hydrogens (tertiary/aromatic N) is 1. The van der Waals surface area contributed by atoms with Gasteiger partial charge in [-0.05, 0) is 53.6 Å². The Hall–Kier alpha value is -2.79. The van der Waals surface area contributed by atoms with E-state index in [2.05, 4.69) is 16.8 Å². The number of rotatable bonds is 4. The van der Waals surface area contributed by atoms with Gasteiger partial charge in [-0.25, -0.2) is 4.79 Å². The van der Waals surface area contributed by atoms with Crippen LogP contribution >= 0.6 is 11.3 Å². The summed E-state index contributed by atoms with van der Waals surface area (Å²) >= 11 is 1.77. The van der Waals surface area contributed by atoms with Gasteiger partial charge in [-0.15, -0.1) is 11.3 Å². The lowest BCUT2D eigenvalue weighted by molar-refractivity contribution is 0.206. The van der Waals surface area contributed by atoms with Gasteiger partial charge in [-0.1, -0.05) is 36.4 Å². The lowest BCUT2D eigenvalue weighted by atomic mass is 10.1. The molecule has 5 heteroatoms. The summed E-state index contributed by atoms with van der Waals surface area (Å²) in [7, 11) is 0. The van der Waals surface area contributed by atoms with Gasteiger partial charge in [-0.3, -0.25) is 0 Å². The molecule has 138 valence electrons. The standard InChI is InChI=1S/C22H22N2O2S/c1-16-7-8-19(20(13-16)26-15-17-5-3-2-4-6-17)23-22(25)24-11-9-21-18(14-24)10-12-27-21/h2-8,10,12-13H,9,11,14-15H2,1H3,(H,23,25). The number of fused-ring (bicyclic) bond motifs is 1. The van der Waals surface area contributed by atoms with Gasteiger partial charge < -0.3 is 15.0 Å². The van der Waals surface area contributed by atoms with E-state index in [0.717, 1.165) is 24.1 Å². The third-order valence-electron chi connectivity index (χ3n) is 4.71. The summed E-state index contributed by atoms with van der Waals surface area (Å²) in [5, 5.41) is 5.13. The Bertz CT molecular complexity index is 936. The molecule has 0 atom stereocenters. The van der Waals surface area contributed by atoms with Crippen LogP contribution in [0.15, 0.2) is 60.0 Å². The van der Waals surface area contributed by atoms with E-state index in [1.807, 2.05) is 60.4 Å². The second kappa shape index (κ2) is 7.84. The van der Waals surface area contributed by atoms with E-state index < -0.39 is 0 Å². The molecule has 27 heavy (non-hydrogen) atoms. The van der Waals surface area contributed by atoms with Crippen LogP contribution in [0.1, 0.15) is 21.6 Å². The summed E-state index contributed by atoms with van der Waals surface area (Å²) in [6.45, 7) is 3.89. The van der Waals surface area contributed by atoms with Crippen LogP contribution in [-0.4, -0.2) is 17.5 Å². The predicted octanol–water partition coefficient (Wildman–Crippen LogP) is 5.23. The molecule has 1 aliphatic heterocycles. The minimum absolute atomic E-state index is 0.0831. The van der Waals surface area contributed by atoms with Crippen LogP contribution in [0.25, 0.3) is 0 Å². The molecular weight excluding hydrogens is 356 g/mol. The average molecular weight is 378 g/mol. The van der Waals surface area contributed by atoms with Crippen molar-refractivity contribution >= 4 is 23.1 Å². The number of carbonyl (C=O) groups is 1. The zero-order chi connectivity index (χ0) is 18.6. The Kier molecular flexibility index (Phi) is 5.12. The largest absolute Gasteiger partial charge is 0.487 e. The van der Waals surface area contributed by atoms with E-state index in [-0.39, 0.29) is 6.03 Å². The number of aryl methyl sites for hydroxylation is 1. The fourth-order valence-electron chi connectivity index (χ4n) is 3.20. The smallest absolute Gasteiger partial charge is 0.322 e. The second-order valence-corrected chi connectivity index (χ2v) is 7.75. The molecule has 0 bridgehead atoms. The van der Waals surface area contributed by atoms with Gasteiger partial charge >= 0.3 is 6.03 Å². The van der Waals surface area contributed by atoms with Gasteiger partial charge in [0, 0.05) is 18.0 Å². The Balaban J connectivity index is 1.46. The number of nitrogens with one attached hydrogen (secondary N) is 1. The van der Waals surface area contributed by atoms with Crippen molar-refractivity contribution < 1.29 is 9.53 Å². The predicted molar refractivity (Wildman–Crippen MR) is 109 cm³/mol. The Morgan fingerprint density at radius 3 is 2.89 bits per heavy atom. The van der Waals surface area contributed by atoms with Crippen LogP contribution in [-0.2, 0) is 19.6 Å².